The number of rotatable bonds is 7. The van der Waals surface area contributed by atoms with Gasteiger partial charge in [-0.3, -0.25) is 9.59 Å². The molecular weight excluding hydrogens is 404 g/mol. The van der Waals surface area contributed by atoms with E-state index in [4.69, 9.17) is 4.52 Å². The summed E-state index contributed by atoms with van der Waals surface area (Å²) in [5.41, 5.74) is 2.51. The lowest BCUT2D eigenvalue weighted by molar-refractivity contribution is -0.130. The highest BCUT2D eigenvalue weighted by molar-refractivity contribution is 6.25. The molecule has 7 heteroatoms. The van der Waals surface area contributed by atoms with Gasteiger partial charge in [-0.25, -0.2) is 0 Å². The molecular formula is C25H22N4O3. The van der Waals surface area contributed by atoms with Gasteiger partial charge in [0.05, 0.1) is 12.2 Å². The Morgan fingerprint density at radius 1 is 1.03 bits per heavy atom. The molecule has 32 heavy (non-hydrogen) atoms. The van der Waals surface area contributed by atoms with Gasteiger partial charge in [-0.2, -0.15) is 4.98 Å². The first-order valence-corrected chi connectivity index (χ1v) is 10.6. The third kappa shape index (κ3) is 3.62. The van der Waals surface area contributed by atoms with E-state index < -0.39 is 0 Å². The van der Waals surface area contributed by atoms with Gasteiger partial charge in [-0.1, -0.05) is 59.8 Å². The normalized spacial score (nSPS) is 12.5. The molecule has 2 heterocycles. The van der Waals surface area contributed by atoms with Crippen LogP contribution in [0.4, 0.5) is 5.69 Å². The Hall–Kier alpha value is -4.00. The predicted molar refractivity (Wildman–Crippen MR) is 121 cm³/mol. The van der Waals surface area contributed by atoms with E-state index in [-0.39, 0.29) is 18.4 Å². The maximum absolute atomic E-state index is 12.9. The molecule has 5 rings (SSSR count). The van der Waals surface area contributed by atoms with Crippen molar-refractivity contribution in [1.29, 1.82) is 0 Å². The van der Waals surface area contributed by atoms with E-state index >= 15 is 0 Å². The summed E-state index contributed by atoms with van der Waals surface area (Å²) in [6.07, 6.45) is 0.894. The van der Waals surface area contributed by atoms with Crippen molar-refractivity contribution in [3.63, 3.8) is 0 Å². The van der Waals surface area contributed by atoms with Crippen LogP contribution in [0.1, 0.15) is 29.1 Å². The van der Waals surface area contributed by atoms with Gasteiger partial charge in [0.1, 0.15) is 0 Å². The quantitative estimate of drug-likeness (QED) is 0.440. The summed E-state index contributed by atoms with van der Waals surface area (Å²) in [7, 11) is 1.71. The van der Waals surface area contributed by atoms with Crippen molar-refractivity contribution in [3.8, 4) is 11.4 Å². The number of hydrogen-bond acceptors (Lipinski definition) is 5. The molecule has 0 saturated heterocycles. The van der Waals surface area contributed by atoms with Crippen LogP contribution >= 0.6 is 0 Å². The van der Waals surface area contributed by atoms with Crippen molar-refractivity contribution in [2.75, 3.05) is 18.5 Å². The summed E-state index contributed by atoms with van der Waals surface area (Å²) in [5, 5.41) is 6.04. The van der Waals surface area contributed by atoms with Crippen molar-refractivity contribution in [2.24, 2.45) is 0 Å². The summed E-state index contributed by atoms with van der Waals surface area (Å²) in [4.78, 5) is 33.2. The van der Waals surface area contributed by atoms with Crippen LogP contribution in [0.5, 0.6) is 0 Å². The van der Waals surface area contributed by atoms with Crippen LogP contribution in [0.3, 0.4) is 0 Å². The highest BCUT2D eigenvalue weighted by Gasteiger charge is 2.29. The third-order valence-electron chi connectivity index (χ3n) is 5.72. The van der Waals surface area contributed by atoms with Crippen LogP contribution < -0.4 is 4.90 Å². The second-order valence-electron chi connectivity index (χ2n) is 7.87. The topological polar surface area (TPSA) is 79.5 Å². The Morgan fingerprint density at radius 3 is 2.62 bits per heavy atom. The molecule has 0 radical (unpaired) electrons. The van der Waals surface area contributed by atoms with Gasteiger partial charge in [0.15, 0.2) is 0 Å². The lowest BCUT2D eigenvalue weighted by Gasteiger charge is -2.19. The molecule has 160 valence electrons. The van der Waals surface area contributed by atoms with Gasteiger partial charge in [-0.15, -0.1) is 0 Å². The number of carbonyl (C=O) groups excluding carboxylic acids is 2. The Kier molecular flexibility index (Phi) is 5.15. The summed E-state index contributed by atoms with van der Waals surface area (Å²) in [6, 6.07) is 21.3. The highest BCUT2D eigenvalue weighted by atomic mass is 16.5. The first kappa shape index (κ1) is 19.9. The van der Waals surface area contributed by atoms with Gasteiger partial charge >= 0.3 is 0 Å². The summed E-state index contributed by atoms with van der Waals surface area (Å²) in [5.74, 6) is 0.850. The van der Waals surface area contributed by atoms with Crippen molar-refractivity contribution in [2.45, 2.75) is 19.4 Å². The zero-order valence-corrected chi connectivity index (χ0v) is 17.7. The van der Waals surface area contributed by atoms with Crippen LogP contribution in [0.2, 0.25) is 0 Å². The average Bonchev–Trinajstić information content (AvgIpc) is 3.39. The largest absolute Gasteiger partial charge is 0.337 e. The SMILES string of the molecule is CN(Cc1nc(-c2ccccc2)no1)C(=O)CCCN1C(=O)c2cccc3cccc1c23. The fourth-order valence-electron chi connectivity index (χ4n) is 4.10. The zero-order chi connectivity index (χ0) is 22.1. The van der Waals surface area contributed by atoms with E-state index in [0.29, 0.717) is 31.1 Å². The van der Waals surface area contributed by atoms with Crippen molar-refractivity contribution in [3.05, 3.63) is 78.2 Å². The minimum Gasteiger partial charge on any atom is -0.337 e. The molecule has 3 aromatic carbocycles. The van der Waals surface area contributed by atoms with Crippen LogP contribution in [0.25, 0.3) is 22.2 Å². The molecule has 1 aliphatic rings. The molecule has 4 aromatic rings. The van der Waals surface area contributed by atoms with Crippen molar-refractivity contribution < 1.29 is 14.1 Å². The Labute approximate surface area is 185 Å². The second-order valence-corrected chi connectivity index (χ2v) is 7.87. The van der Waals surface area contributed by atoms with Crippen LogP contribution in [0, 0.1) is 0 Å². The maximum Gasteiger partial charge on any atom is 0.258 e. The fourth-order valence-corrected chi connectivity index (χ4v) is 4.10. The molecule has 7 nitrogen and oxygen atoms in total. The molecule has 2 amide bonds. The molecule has 1 aromatic heterocycles. The Balaban J connectivity index is 1.18. The molecule has 0 bridgehead atoms. The molecule has 0 fully saturated rings. The first-order valence-electron chi connectivity index (χ1n) is 10.6. The minimum atomic E-state index is -0.0353. The van der Waals surface area contributed by atoms with Gasteiger partial charge < -0.3 is 14.3 Å². The molecule has 0 atom stereocenters. The summed E-state index contributed by atoms with van der Waals surface area (Å²) < 4.78 is 5.30. The van der Waals surface area contributed by atoms with E-state index in [0.717, 1.165) is 27.6 Å². The summed E-state index contributed by atoms with van der Waals surface area (Å²) in [6.45, 7) is 0.733. The van der Waals surface area contributed by atoms with Gasteiger partial charge in [0, 0.05) is 36.5 Å². The lowest BCUT2D eigenvalue weighted by Crippen LogP contribution is -2.30. The Bertz CT molecular complexity index is 1290. The number of carbonyl (C=O) groups is 2. The van der Waals surface area contributed by atoms with Crippen LogP contribution in [-0.4, -0.2) is 40.4 Å². The van der Waals surface area contributed by atoms with Crippen LogP contribution in [0.15, 0.2) is 71.3 Å². The number of benzene rings is 3. The number of amides is 2. The molecule has 0 saturated carbocycles. The van der Waals surface area contributed by atoms with Crippen molar-refractivity contribution in [1.82, 2.24) is 15.0 Å². The fraction of sp³-hybridized carbons (Fsp3) is 0.200. The predicted octanol–water partition coefficient (Wildman–Crippen LogP) is 4.29. The summed E-state index contributed by atoms with van der Waals surface area (Å²) >= 11 is 0. The first-order chi connectivity index (χ1) is 15.6. The molecule has 1 aliphatic heterocycles. The number of nitrogens with zero attached hydrogens (tertiary/aromatic N) is 4. The van der Waals surface area contributed by atoms with Gasteiger partial charge in [0.25, 0.3) is 5.91 Å². The van der Waals surface area contributed by atoms with Gasteiger partial charge in [0.2, 0.25) is 17.6 Å². The van der Waals surface area contributed by atoms with Gasteiger partial charge in [-0.05, 0) is 23.9 Å². The smallest absolute Gasteiger partial charge is 0.258 e. The van der Waals surface area contributed by atoms with E-state index in [2.05, 4.69) is 10.1 Å². The number of anilines is 1. The van der Waals surface area contributed by atoms with E-state index in [1.165, 1.54) is 0 Å². The molecule has 0 spiro atoms. The number of aromatic nitrogens is 2. The number of hydrogen-bond donors (Lipinski definition) is 0. The molecule has 0 aliphatic carbocycles. The maximum atomic E-state index is 12.9. The lowest BCUT2D eigenvalue weighted by atomic mass is 10.1. The molecule has 0 N–H and O–H groups in total. The van der Waals surface area contributed by atoms with E-state index in [1.807, 2.05) is 66.7 Å². The Morgan fingerprint density at radius 2 is 1.81 bits per heavy atom. The average molecular weight is 426 g/mol. The minimum absolute atomic E-state index is 0.00287. The van der Waals surface area contributed by atoms with E-state index in [9.17, 15) is 9.59 Å². The van der Waals surface area contributed by atoms with Crippen molar-refractivity contribution >= 4 is 28.3 Å². The monoisotopic (exact) mass is 426 g/mol. The third-order valence-corrected chi connectivity index (χ3v) is 5.72. The zero-order valence-electron chi connectivity index (χ0n) is 17.7. The highest BCUT2D eigenvalue weighted by Crippen LogP contribution is 2.37. The van der Waals surface area contributed by atoms with Crippen LogP contribution in [-0.2, 0) is 11.3 Å². The second kappa shape index (κ2) is 8.26. The molecule has 0 unspecified atom stereocenters. The standard InChI is InChI=1S/C25H22N4O3/c1-28(16-21-26-24(27-32-21)18-8-3-2-4-9-18)22(30)14-7-15-29-20-13-6-11-17-10-5-12-19(23(17)20)25(29)31/h2-6,8-13H,7,14-16H2,1H3. The van der Waals surface area contributed by atoms with E-state index in [1.54, 1.807) is 16.8 Å².